The van der Waals surface area contributed by atoms with E-state index in [1.807, 2.05) is 32.9 Å². The van der Waals surface area contributed by atoms with Gasteiger partial charge in [0.2, 0.25) is 0 Å². The molecule has 6 nitrogen and oxygen atoms in total. The molecule has 0 heterocycles. The van der Waals surface area contributed by atoms with Crippen LogP contribution in [0.25, 0.3) is 0 Å². The molecule has 162 valence electrons. The highest BCUT2D eigenvalue weighted by atomic mass is 16.5. The number of rotatable bonds is 9. The molecule has 0 saturated carbocycles. The van der Waals surface area contributed by atoms with Crippen molar-refractivity contribution >= 4 is 17.6 Å². The Morgan fingerprint density at radius 2 is 1.50 bits per heavy atom. The summed E-state index contributed by atoms with van der Waals surface area (Å²) in [5.41, 5.74) is 2.50. The second kappa shape index (κ2) is 10.1. The summed E-state index contributed by atoms with van der Waals surface area (Å²) in [5.74, 6) is -0.676. The Kier molecular flexibility index (Phi) is 7.86. The number of anilines is 1. The van der Waals surface area contributed by atoms with E-state index in [9.17, 15) is 14.7 Å². The highest BCUT2D eigenvalue weighted by Crippen LogP contribution is 2.34. The summed E-state index contributed by atoms with van der Waals surface area (Å²) in [6.45, 7) is 12.6. The second-order valence-corrected chi connectivity index (χ2v) is 7.61. The molecule has 0 aromatic heterocycles. The van der Waals surface area contributed by atoms with E-state index in [-0.39, 0.29) is 23.1 Å². The molecular formula is C24H30NO5-. The average Bonchev–Trinajstić information content (AvgIpc) is 2.69. The van der Waals surface area contributed by atoms with Crippen molar-refractivity contribution in [2.24, 2.45) is 0 Å². The van der Waals surface area contributed by atoms with Crippen LogP contribution in [0.15, 0.2) is 30.3 Å². The number of hydrogen-bond donors (Lipinski definition) is 1. The van der Waals surface area contributed by atoms with Crippen molar-refractivity contribution in [3.63, 3.8) is 0 Å². The van der Waals surface area contributed by atoms with Gasteiger partial charge < -0.3 is 24.7 Å². The predicted molar refractivity (Wildman–Crippen MR) is 116 cm³/mol. The topological polar surface area (TPSA) is 87.7 Å². The van der Waals surface area contributed by atoms with Crippen LogP contribution in [0.5, 0.6) is 11.5 Å². The van der Waals surface area contributed by atoms with Crippen LogP contribution in [0.2, 0.25) is 0 Å². The number of ether oxygens (including phenoxy) is 2. The largest absolute Gasteiger partial charge is 0.545 e. The van der Waals surface area contributed by atoms with Crippen LogP contribution < -0.4 is 19.9 Å². The molecule has 0 spiro atoms. The summed E-state index contributed by atoms with van der Waals surface area (Å²) in [7, 11) is 0. The Hall–Kier alpha value is -3.02. The van der Waals surface area contributed by atoms with Crippen molar-refractivity contribution in [2.75, 3.05) is 18.5 Å². The molecule has 0 atom stereocenters. The van der Waals surface area contributed by atoms with Gasteiger partial charge in [0.25, 0.3) is 5.91 Å². The zero-order valence-corrected chi connectivity index (χ0v) is 18.5. The highest BCUT2D eigenvalue weighted by molar-refractivity contribution is 6.08. The van der Waals surface area contributed by atoms with Crippen LogP contribution in [0, 0.1) is 0 Å². The van der Waals surface area contributed by atoms with Crippen LogP contribution in [0.4, 0.5) is 5.69 Å². The molecule has 6 heteroatoms. The third-order valence-corrected chi connectivity index (χ3v) is 4.76. The maximum absolute atomic E-state index is 13.1. The lowest BCUT2D eigenvalue weighted by atomic mass is 9.91. The molecule has 2 rings (SSSR count). The van der Waals surface area contributed by atoms with Gasteiger partial charge in [0.1, 0.15) is 0 Å². The number of nitrogens with one attached hydrogen (secondary N) is 1. The van der Waals surface area contributed by atoms with Gasteiger partial charge in [-0.2, -0.15) is 0 Å². The minimum atomic E-state index is -1.41. The minimum absolute atomic E-state index is 0.106. The summed E-state index contributed by atoms with van der Waals surface area (Å²) >= 11 is 0. The Labute approximate surface area is 178 Å². The number of amides is 1. The molecule has 0 fully saturated rings. The Balaban J connectivity index is 2.49. The number of carboxylic acids is 1. The number of hydrogen-bond acceptors (Lipinski definition) is 5. The van der Waals surface area contributed by atoms with Gasteiger partial charge >= 0.3 is 0 Å². The van der Waals surface area contributed by atoms with Gasteiger partial charge in [-0.15, -0.1) is 0 Å². The molecule has 0 aliphatic heterocycles. The van der Waals surface area contributed by atoms with Crippen molar-refractivity contribution in [2.45, 2.75) is 53.4 Å². The van der Waals surface area contributed by atoms with Crippen LogP contribution >= 0.6 is 0 Å². The summed E-state index contributed by atoms with van der Waals surface area (Å²) in [6, 6.07) is 8.54. The highest BCUT2D eigenvalue weighted by Gasteiger charge is 2.19. The minimum Gasteiger partial charge on any atom is -0.545 e. The van der Waals surface area contributed by atoms with E-state index < -0.39 is 5.97 Å². The Morgan fingerprint density at radius 3 is 2.00 bits per heavy atom. The summed E-state index contributed by atoms with van der Waals surface area (Å²) in [4.78, 5) is 24.8. The summed E-state index contributed by atoms with van der Waals surface area (Å²) in [6.07, 6.45) is 0. The first-order chi connectivity index (χ1) is 14.2. The van der Waals surface area contributed by atoms with Crippen molar-refractivity contribution < 1.29 is 24.2 Å². The lowest BCUT2D eigenvalue weighted by molar-refractivity contribution is -0.254. The summed E-state index contributed by atoms with van der Waals surface area (Å²) in [5, 5.41) is 14.4. The second-order valence-electron chi connectivity index (χ2n) is 7.61. The lowest BCUT2D eigenvalue weighted by Gasteiger charge is -2.19. The standard InChI is InChI=1S/C24H31NO5/c1-7-29-21-12-19(24(27)28)20(13-22(21)30-8-2)25-23(26)17-10-9-16(14(3)4)11-18(17)15(5)6/h9-15H,7-8H2,1-6H3,(H,25,26)(H,27,28)/p-1. The summed E-state index contributed by atoms with van der Waals surface area (Å²) < 4.78 is 11.0. The first-order valence-corrected chi connectivity index (χ1v) is 10.3. The Morgan fingerprint density at radius 1 is 0.900 bits per heavy atom. The maximum atomic E-state index is 13.1. The third kappa shape index (κ3) is 5.32. The van der Waals surface area contributed by atoms with Gasteiger partial charge in [0.05, 0.1) is 24.9 Å². The van der Waals surface area contributed by atoms with Crippen molar-refractivity contribution in [1.29, 1.82) is 0 Å². The molecule has 1 N–H and O–H groups in total. The van der Waals surface area contributed by atoms with Gasteiger partial charge in [-0.3, -0.25) is 4.79 Å². The van der Waals surface area contributed by atoms with Crippen LogP contribution in [-0.4, -0.2) is 25.1 Å². The SMILES string of the molecule is CCOc1cc(NC(=O)c2ccc(C(C)C)cc2C(C)C)c(C(=O)[O-])cc1OCC. The molecule has 0 aliphatic carbocycles. The van der Waals surface area contributed by atoms with Gasteiger partial charge in [0.15, 0.2) is 11.5 Å². The average molecular weight is 413 g/mol. The fourth-order valence-electron chi connectivity index (χ4n) is 3.18. The lowest BCUT2D eigenvalue weighted by Crippen LogP contribution is -2.25. The predicted octanol–water partition coefficient (Wildman–Crippen LogP) is 4.35. The first kappa shape index (κ1) is 23.3. The zero-order valence-electron chi connectivity index (χ0n) is 18.5. The molecule has 0 radical (unpaired) electrons. The van der Waals surface area contributed by atoms with E-state index >= 15 is 0 Å². The van der Waals surface area contributed by atoms with E-state index in [4.69, 9.17) is 9.47 Å². The van der Waals surface area contributed by atoms with E-state index in [2.05, 4.69) is 19.2 Å². The van der Waals surface area contributed by atoms with Gasteiger partial charge in [-0.1, -0.05) is 39.8 Å². The fourth-order valence-corrected chi connectivity index (χ4v) is 3.18. The van der Waals surface area contributed by atoms with Crippen LogP contribution in [-0.2, 0) is 0 Å². The molecule has 0 aliphatic rings. The van der Waals surface area contributed by atoms with E-state index in [0.717, 1.165) is 11.1 Å². The van der Waals surface area contributed by atoms with Gasteiger partial charge in [0, 0.05) is 17.2 Å². The fraction of sp³-hybridized carbons (Fsp3) is 0.417. The van der Waals surface area contributed by atoms with E-state index in [1.165, 1.54) is 12.1 Å². The van der Waals surface area contributed by atoms with Crippen molar-refractivity contribution in [3.05, 3.63) is 52.6 Å². The first-order valence-electron chi connectivity index (χ1n) is 10.3. The molecule has 1 amide bonds. The van der Waals surface area contributed by atoms with Crippen LogP contribution in [0.3, 0.4) is 0 Å². The number of carbonyl (C=O) groups excluding carboxylic acids is 2. The Bertz CT molecular complexity index is 918. The van der Waals surface area contributed by atoms with Gasteiger partial charge in [-0.05, 0) is 48.9 Å². The normalized spacial score (nSPS) is 10.9. The van der Waals surface area contributed by atoms with E-state index in [1.54, 1.807) is 13.0 Å². The quantitative estimate of drug-likeness (QED) is 0.662. The van der Waals surface area contributed by atoms with Crippen molar-refractivity contribution in [3.8, 4) is 11.5 Å². The molecule has 0 bridgehead atoms. The number of benzene rings is 2. The molecular weight excluding hydrogens is 382 g/mol. The zero-order chi connectivity index (χ0) is 22.4. The number of aromatic carboxylic acids is 1. The molecule has 2 aromatic rings. The molecule has 30 heavy (non-hydrogen) atoms. The molecule has 0 saturated heterocycles. The number of carbonyl (C=O) groups is 2. The molecule has 0 unspecified atom stereocenters. The molecule has 2 aromatic carbocycles. The van der Waals surface area contributed by atoms with E-state index in [0.29, 0.717) is 36.2 Å². The third-order valence-electron chi connectivity index (χ3n) is 4.76. The van der Waals surface area contributed by atoms with Gasteiger partial charge in [-0.25, -0.2) is 0 Å². The monoisotopic (exact) mass is 412 g/mol. The maximum Gasteiger partial charge on any atom is 0.255 e. The number of carboxylic acid groups (broad SMARTS) is 1. The van der Waals surface area contributed by atoms with Crippen molar-refractivity contribution in [1.82, 2.24) is 0 Å². The smallest absolute Gasteiger partial charge is 0.255 e. The van der Waals surface area contributed by atoms with Crippen LogP contribution in [0.1, 0.15) is 85.2 Å².